The zero-order valence-corrected chi connectivity index (χ0v) is 10.6. The molecule has 0 heterocycles. The van der Waals surface area contributed by atoms with Crippen LogP contribution >= 0.6 is 0 Å². The monoisotopic (exact) mass is 254 g/mol. The molecule has 0 fully saturated rings. The van der Waals surface area contributed by atoms with Crippen LogP contribution in [0.15, 0.2) is 65.8 Å². The van der Waals surface area contributed by atoms with Gasteiger partial charge in [-0.2, -0.15) is 10.1 Å². The molecular weight excluding hydrogens is 240 g/mol. The molecule has 0 N–H and O–H groups in total. The van der Waals surface area contributed by atoms with Gasteiger partial charge in [-0.1, -0.05) is 48.5 Å². The second-order valence-electron chi connectivity index (χ2n) is 3.77. The van der Waals surface area contributed by atoms with Gasteiger partial charge in [0.05, 0.1) is 19.0 Å². The lowest BCUT2D eigenvalue weighted by Crippen LogP contribution is -2.25. The molecule has 0 saturated carbocycles. The van der Waals surface area contributed by atoms with E-state index in [2.05, 4.69) is 5.10 Å². The third-order valence-electron chi connectivity index (χ3n) is 2.47. The van der Waals surface area contributed by atoms with Gasteiger partial charge in [0.15, 0.2) is 0 Å². The van der Waals surface area contributed by atoms with Crippen molar-refractivity contribution in [3.8, 4) is 0 Å². The van der Waals surface area contributed by atoms with Crippen LogP contribution in [0.4, 0.5) is 10.5 Å². The Balaban J connectivity index is 2.25. The second-order valence-corrected chi connectivity index (χ2v) is 3.77. The highest BCUT2D eigenvalue weighted by atomic mass is 16.5. The van der Waals surface area contributed by atoms with E-state index < -0.39 is 6.09 Å². The van der Waals surface area contributed by atoms with E-state index in [4.69, 9.17) is 4.74 Å². The van der Waals surface area contributed by atoms with Crippen molar-refractivity contribution in [1.82, 2.24) is 0 Å². The van der Waals surface area contributed by atoms with E-state index in [1.54, 1.807) is 18.3 Å². The average molecular weight is 254 g/mol. The van der Waals surface area contributed by atoms with Gasteiger partial charge >= 0.3 is 6.09 Å². The minimum absolute atomic E-state index is 0.529. The quantitative estimate of drug-likeness (QED) is 0.623. The van der Waals surface area contributed by atoms with Crippen LogP contribution in [0.1, 0.15) is 5.56 Å². The third-order valence-corrected chi connectivity index (χ3v) is 2.47. The lowest BCUT2D eigenvalue weighted by Gasteiger charge is -2.15. The Morgan fingerprint density at radius 1 is 1.05 bits per heavy atom. The number of anilines is 1. The number of amides is 1. The first-order valence-electron chi connectivity index (χ1n) is 5.83. The maximum Gasteiger partial charge on any atom is 0.434 e. The number of hydrogen-bond donors (Lipinski definition) is 0. The van der Waals surface area contributed by atoms with Crippen molar-refractivity contribution in [1.29, 1.82) is 0 Å². The lowest BCUT2D eigenvalue weighted by molar-refractivity contribution is 0.179. The Kier molecular flexibility index (Phi) is 4.29. The molecule has 19 heavy (non-hydrogen) atoms. The zero-order valence-electron chi connectivity index (χ0n) is 10.6. The summed E-state index contributed by atoms with van der Waals surface area (Å²) in [6, 6.07) is 18.7. The Hall–Kier alpha value is -2.62. The largest absolute Gasteiger partial charge is 0.451 e. The summed E-state index contributed by atoms with van der Waals surface area (Å²) in [5.74, 6) is 0. The highest BCUT2D eigenvalue weighted by Gasteiger charge is 2.14. The van der Waals surface area contributed by atoms with E-state index in [0.29, 0.717) is 5.69 Å². The number of hydrogen-bond acceptors (Lipinski definition) is 3. The molecule has 0 bridgehead atoms. The lowest BCUT2D eigenvalue weighted by atomic mass is 10.2. The van der Waals surface area contributed by atoms with E-state index in [1.807, 2.05) is 48.5 Å². The van der Waals surface area contributed by atoms with Gasteiger partial charge in [0, 0.05) is 0 Å². The Morgan fingerprint density at radius 2 is 1.63 bits per heavy atom. The molecule has 96 valence electrons. The fourth-order valence-electron chi connectivity index (χ4n) is 1.54. The van der Waals surface area contributed by atoms with Gasteiger partial charge in [0.25, 0.3) is 0 Å². The maximum atomic E-state index is 11.7. The minimum Gasteiger partial charge on any atom is -0.451 e. The van der Waals surface area contributed by atoms with E-state index in [9.17, 15) is 4.79 Å². The van der Waals surface area contributed by atoms with Gasteiger partial charge in [-0.05, 0) is 17.7 Å². The van der Waals surface area contributed by atoms with Crippen LogP contribution in [-0.4, -0.2) is 19.4 Å². The van der Waals surface area contributed by atoms with Gasteiger partial charge < -0.3 is 4.74 Å². The molecule has 0 aliphatic heterocycles. The Labute approximate surface area is 111 Å². The number of para-hydroxylation sites is 1. The molecule has 0 radical (unpaired) electrons. The summed E-state index contributed by atoms with van der Waals surface area (Å²) < 4.78 is 4.73. The van der Waals surface area contributed by atoms with E-state index in [1.165, 1.54) is 12.1 Å². The highest BCUT2D eigenvalue weighted by Crippen LogP contribution is 2.14. The first-order valence-corrected chi connectivity index (χ1v) is 5.83. The summed E-state index contributed by atoms with van der Waals surface area (Å²) in [5.41, 5.74) is 1.56. The molecule has 4 heteroatoms. The molecule has 0 atom stereocenters. The molecule has 4 nitrogen and oxygen atoms in total. The number of carbonyl (C=O) groups is 1. The summed E-state index contributed by atoms with van der Waals surface area (Å²) in [6.45, 7) is 0. The molecule has 2 aromatic carbocycles. The predicted molar refractivity (Wildman–Crippen MR) is 75.4 cm³/mol. The number of hydrazone groups is 1. The SMILES string of the molecule is COC(=O)N(/N=C/c1ccccc1)c1ccccc1. The summed E-state index contributed by atoms with van der Waals surface area (Å²) in [4.78, 5) is 11.7. The number of nitrogens with zero attached hydrogens (tertiary/aromatic N) is 2. The maximum absolute atomic E-state index is 11.7. The van der Waals surface area contributed by atoms with Crippen LogP contribution in [0.2, 0.25) is 0 Å². The molecule has 1 amide bonds. The van der Waals surface area contributed by atoms with Crippen LogP contribution < -0.4 is 5.01 Å². The Bertz CT molecular complexity index is 553. The van der Waals surface area contributed by atoms with Gasteiger partial charge in [-0.25, -0.2) is 4.79 Å². The number of ether oxygens (including phenoxy) is 1. The third kappa shape index (κ3) is 3.42. The van der Waals surface area contributed by atoms with E-state index >= 15 is 0 Å². The van der Waals surface area contributed by atoms with Crippen molar-refractivity contribution >= 4 is 18.0 Å². The van der Waals surface area contributed by atoms with Gasteiger partial charge in [-0.15, -0.1) is 0 Å². The predicted octanol–water partition coefficient (Wildman–Crippen LogP) is 3.29. The Morgan fingerprint density at radius 3 is 2.21 bits per heavy atom. The van der Waals surface area contributed by atoms with E-state index in [-0.39, 0.29) is 0 Å². The molecule has 2 rings (SSSR count). The van der Waals surface area contributed by atoms with Crippen LogP contribution in [0.3, 0.4) is 0 Å². The van der Waals surface area contributed by atoms with Crippen molar-refractivity contribution in [3.05, 3.63) is 66.2 Å². The number of benzene rings is 2. The fourth-order valence-corrected chi connectivity index (χ4v) is 1.54. The molecule has 2 aromatic rings. The number of rotatable bonds is 3. The molecule has 0 aromatic heterocycles. The number of methoxy groups -OCH3 is 1. The van der Waals surface area contributed by atoms with Crippen LogP contribution in [0.5, 0.6) is 0 Å². The van der Waals surface area contributed by atoms with Crippen molar-refractivity contribution in [2.45, 2.75) is 0 Å². The summed E-state index contributed by atoms with van der Waals surface area (Å²) in [5, 5.41) is 5.38. The summed E-state index contributed by atoms with van der Waals surface area (Å²) >= 11 is 0. The average Bonchev–Trinajstić information content (AvgIpc) is 2.49. The molecule has 0 aliphatic carbocycles. The van der Waals surface area contributed by atoms with Crippen molar-refractivity contribution in [2.24, 2.45) is 5.10 Å². The second kappa shape index (κ2) is 6.35. The first kappa shape index (κ1) is 12.8. The van der Waals surface area contributed by atoms with Crippen LogP contribution in [0, 0.1) is 0 Å². The standard InChI is InChI=1S/C15H14N2O2/c1-19-15(18)17(14-10-6-3-7-11-14)16-12-13-8-4-2-5-9-13/h2-12H,1H3/b16-12+. The molecule has 0 saturated heterocycles. The van der Waals surface area contributed by atoms with Crippen LogP contribution in [0.25, 0.3) is 0 Å². The van der Waals surface area contributed by atoms with Gasteiger partial charge in [0.1, 0.15) is 0 Å². The molecule has 0 unspecified atom stereocenters. The zero-order chi connectivity index (χ0) is 13.5. The number of carbonyl (C=O) groups excluding carboxylic acids is 1. The summed E-state index contributed by atoms with van der Waals surface area (Å²) in [6.07, 6.45) is 1.09. The normalized spacial score (nSPS) is 10.4. The van der Waals surface area contributed by atoms with E-state index in [0.717, 1.165) is 5.56 Å². The van der Waals surface area contributed by atoms with Crippen molar-refractivity contribution in [3.63, 3.8) is 0 Å². The highest BCUT2D eigenvalue weighted by molar-refractivity contribution is 5.90. The van der Waals surface area contributed by atoms with Crippen molar-refractivity contribution < 1.29 is 9.53 Å². The molecular formula is C15H14N2O2. The smallest absolute Gasteiger partial charge is 0.434 e. The van der Waals surface area contributed by atoms with Crippen molar-refractivity contribution in [2.75, 3.05) is 12.1 Å². The molecule has 0 aliphatic rings. The fraction of sp³-hybridized carbons (Fsp3) is 0.0667. The minimum atomic E-state index is -0.529. The first-order chi connectivity index (χ1) is 9.31. The van der Waals surface area contributed by atoms with Gasteiger partial charge in [-0.3, -0.25) is 0 Å². The summed E-state index contributed by atoms with van der Waals surface area (Å²) in [7, 11) is 1.33. The van der Waals surface area contributed by atoms with Crippen LogP contribution in [-0.2, 0) is 4.74 Å². The molecule has 0 spiro atoms. The topological polar surface area (TPSA) is 41.9 Å². The van der Waals surface area contributed by atoms with Gasteiger partial charge in [0.2, 0.25) is 0 Å².